The first-order chi connectivity index (χ1) is 7.75. The van der Waals surface area contributed by atoms with Crippen LogP contribution in [0.25, 0.3) is 10.8 Å². The second-order valence-electron chi connectivity index (χ2n) is 4.36. The minimum Gasteiger partial charge on any atom is -0.468 e. The van der Waals surface area contributed by atoms with Crippen LogP contribution in [0.1, 0.15) is 18.1 Å². The van der Waals surface area contributed by atoms with E-state index in [2.05, 4.69) is 6.07 Å². The second kappa shape index (κ2) is 3.37. The van der Waals surface area contributed by atoms with Crippen LogP contribution >= 0.6 is 0 Å². The summed E-state index contributed by atoms with van der Waals surface area (Å²) in [4.78, 5) is 13.3. The maximum absolute atomic E-state index is 11.5. The molecule has 3 nitrogen and oxygen atoms in total. The molecule has 1 amide bonds. The van der Waals surface area contributed by atoms with Crippen molar-refractivity contribution in [3.05, 3.63) is 36.3 Å². The molecule has 3 heteroatoms. The van der Waals surface area contributed by atoms with Crippen LogP contribution in [0, 0.1) is 0 Å². The van der Waals surface area contributed by atoms with Crippen molar-refractivity contribution in [3.63, 3.8) is 0 Å². The highest BCUT2D eigenvalue weighted by molar-refractivity contribution is 5.86. The number of carbonyl (C=O) groups is 1. The lowest BCUT2D eigenvalue weighted by atomic mass is 10.0. The van der Waals surface area contributed by atoms with E-state index in [1.807, 2.05) is 25.2 Å². The fourth-order valence-corrected chi connectivity index (χ4v) is 2.37. The van der Waals surface area contributed by atoms with E-state index in [0.717, 1.165) is 23.1 Å². The van der Waals surface area contributed by atoms with E-state index in [9.17, 15) is 4.79 Å². The molecule has 1 aromatic heterocycles. The Bertz CT molecular complexity index is 544. The number of amides is 1. The fraction of sp³-hybridized carbons (Fsp3) is 0.308. The highest BCUT2D eigenvalue weighted by Crippen LogP contribution is 2.33. The predicted octanol–water partition coefficient (Wildman–Crippen LogP) is 2.38. The normalized spacial score (nSPS) is 20.9. The standard InChI is InChI=1S/C13H13NO2/c1-14-7-10(6-12(14)15)13-11-5-3-2-4-9(11)8-16-13/h2-5,8,10H,6-7H2,1H3. The molecule has 1 atom stereocenters. The number of fused-ring (bicyclic) bond motifs is 1. The van der Waals surface area contributed by atoms with Gasteiger partial charge in [-0.15, -0.1) is 0 Å². The molecule has 1 unspecified atom stereocenters. The first-order valence-corrected chi connectivity index (χ1v) is 5.46. The van der Waals surface area contributed by atoms with E-state index in [1.165, 1.54) is 0 Å². The van der Waals surface area contributed by atoms with Crippen molar-refractivity contribution in [2.75, 3.05) is 13.6 Å². The lowest BCUT2D eigenvalue weighted by Crippen LogP contribution is -2.18. The van der Waals surface area contributed by atoms with Crippen molar-refractivity contribution in [1.29, 1.82) is 0 Å². The molecule has 0 bridgehead atoms. The molecule has 2 heterocycles. The van der Waals surface area contributed by atoms with Crippen LogP contribution in [-0.4, -0.2) is 24.4 Å². The van der Waals surface area contributed by atoms with E-state index in [1.54, 1.807) is 11.2 Å². The average Bonchev–Trinajstić information content (AvgIpc) is 2.83. The molecule has 0 N–H and O–H groups in total. The van der Waals surface area contributed by atoms with Crippen LogP contribution in [0.5, 0.6) is 0 Å². The molecule has 0 radical (unpaired) electrons. The maximum Gasteiger partial charge on any atom is 0.223 e. The first-order valence-electron chi connectivity index (χ1n) is 5.46. The summed E-state index contributed by atoms with van der Waals surface area (Å²) < 4.78 is 5.62. The number of likely N-dealkylation sites (N-methyl/N-ethyl adjacent to an activating group) is 1. The van der Waals surface area contributed by atoms with Gasteiger partial charge in [-0.3, -0.25) is 4.79 Å². The van der Waals surface area contributed by atoms with Crippen LogP contribution in [0.2, 0.25) is 0 Å². The third kappa shape index (κ3) is 1.32. The highest BCUT2D eigenvalue weighted by Gasteiger charge is 2.31. The number of rotatable bonds is 1. The molecular formula is C13H13NO2. The number of hydrogen-bond acceptors (Lipinski definition) is 2. The molecule has 1 aliphatic heterocycles. The third-order valence-electron chi connectivity index (χ3n) is 3.25. The van der Waals surface area contributed by atoms with Gasteiger partial charge in [0, 0.05) is 36.7 Å². The monoisotopic (exact) mass is 215 g/mol. The Morgan fingerprint density at radius 2 is 2.19 bits per heavy atom. The van der Waals surface area contributed by atoms with Gasteiger partial charge in [-0.25, -0.2) is 0 Å². The molecule has 0 saturated carbocycles. The van der Waals surface area contributed by atoms with E-state index in [4.69, 9.17) is 4.42 Å². The topological polar surface area (TPSA) is 33.5 Å². The van der Waals surface area contributed by atoms with Gasteiger partial charge in [-0.05, 0) is 0 Å². The SMILES string of the molecule is CN1CC(c2occ3ccccc23)CC1=O. The second-order valence-corrected chi connectivity index (χ2v) is 4.36. The van der Waals surface area contributed by atoms with Crippen molar-refractivity contribution in [1.82, 2.24) is 4.90 Å². The van der Waals surface area contributed by atoms with Gasteiger partial charge >= 0.3 is 0 Å². The summed E-state index contributed by atoms with van der Waals surface area (Å²) in [5, 5.41) is 2.25. The predicted molar refractivity (Wildman–Crippen MR) is 61.2 cm³/mol. The Labute approximate surface area is 93.6 Å². The minimum absolute atomic E-state index is 0.200. The molecule has 0 aliphatic carbocycles. The third-order valence-corrected chi connectivity index (χ3v) is 3.25. The van der Waals surface area contributed by atoms with E-state index in [0.29, 0.717) is 6.42 Å². The number of likely N-dealkylation sites (tertiary alicyclic amines) is 1. The summed E-state index contributed by atoms with van der Waals surface area (Å²) in [6.45, 7) is 0.760. The number of benzene rings is 1. The van der Waals surface area contributed by atoms with Crippen molar-refractivity contribution < 1.29 is 9.21 Å². The summed E-state index contributed by atoms with van der Waals surface area (Å²) in [6, 6.07) is 8.08. The molecule has 2 aromatic rings. The molecule has 3 rings (SSSR count). The minimum atomic E-state index is 0.200. The van der Waals surface area contributed by atoms with E-state index < -0.39 is 0 Å². The van der Waals surface area contributed by atoms with Crippen LogP contribution < -0.4 is 0 Å². The molecule has 16 heavy (non-hydrogen) atoms. The van der Waals surface area contributed by atoms with E-state index >= 15 is 0 Å². The fourth-order valence-electron chi connectivity index (χ4n) is 2.37. The summed E-state index contributed by atoms with van der Waals surface area (Å²) in [6.07, 6.45) is 2.33. The smallest absolute Gasteiger partial charge is 0.223 e. The largest absolute Gasteiger partial charge is 0.468 e. The van der Waals surface area contributed by atoms with Gasteiger partial charge in [0.15, 0.2) is 0 Å². The lowest BCUT2D eigenvalue weighted by molar-refractivity contribution is -0.126. The molecule has 0 spiro atoms. The summed E-state index contributed by atoms with van der Waals surface area (Å²) >= 11 is 0. The van der Waals surface area contributed by atoms with Gasteiger partial charge in [0.1, 0.15) is 5.76 Å². The van der Waals surface area contributed by atoms with Crippen molar-refractivity contribution in [2.24, 2.45) is 0 Å². The maximum atomic E-state index is 11.5. The van der Waals surface area contributed by atoms with Crippen LogP contribution in [0.3, 0.4) is 0 Å². The molecular weight excluding hydrogens is 202 g/mol. The Balaban J connectivity index is 2.04. The number of carbonyl (C=O) groups excluding carboxylic acids is 1. The summed E-state index contributed by atoms with van der Waals surface area (Å²) in [5.74, 6) is 1.36. The summed E-state index contributed by atoms with van der Waals surface area (Å²) in [7, 11) is 1.84. The lowest BCUT2D eigenvalue weighted by Gasteiger charge is -2.08. The van der Waals surface area contributed by atoms with Gasteiger partial charge in [0.05, 0.1) is 6.26 Å². The zero-order valence-electron chi connectivity index (χ0n) is 9.14. The average molecular weight is 215 g/mol. The molecule has 1 fully saturated rings. The Hall–Kier alpha value is -1.77. The van der Waals surface area contributed by atoms with Gasteiger partial charge in [-0.2, -0.15) is 0 Å². The zero-order chi connectivity index (χ0) is 11.1. The quantitative estimate of drug-likeness (QED) is 0.731. The van der Waals surface area contributed by atoms with Crippen LogP contribution in [-0.2, 0) is 4.79 Å². The molecule has 1 saturated heterocycles. The number of nitrogens with zero attached hydrogens (tertiary/aromatic N) is 1. The highest BCUT2D eigenvalue weighted by atomic mass is 16.3. The van der Waals surface area contributed by atoms with Crippen molar-refractivity contribution in [2.45, 2.75) is 12.3 Å². The molecule has 1 aliphatic rings. The van der Waals surface area contributed by atoms with Gasteiger partial charge < -0.3 is 9.32 Å². The van der Waals surface area contributed by atoms with Crippen LogP contribution in [0.4, 0.5) is 0 Å². The van der Waals surface area contributed by atoms with Crippen LogP contribution in [0.15, 0.2) is 34.9 Å². The Morgan fingerprint density at radius 1 is 1.38 bits per heavy atom. The number of furan rings is 1. The zero-order valence-corrected chi connectivity index (χ0v) is 9.14. The Morgan fingerprint density at radius 3 is 2.94 bits per heavy atom. The Kier molecular flexibility index (Phi) is 1.99. The van der Waals surface area contributed by atoms with Gasteiger partial charge in [-0.1, -0.05) is 24.3 Å². The van der Waals surface area contributed by atoms with E-state index in [-0.39, 0.29) is 11.8 Å². The van der Waals surface area contributed by atoms with Gasteiger partial charge in [0.25, 0.3) is 0 Å². The molecule has 1 aromatic carbocycles. The van der Waals surface area contributed by atoms with Crippen molar-refractivity contribution >= 4 is 16.7 Å². The van der Waals surface area contributed by atoms with Crippen molar-refractivity contribution in [3.8, 4) is 0 Å². The van der Waals surface area contributed by atoms with Gasteiger partial charge in [0.2, 0.25) is 5.91 Å². The number of hydrogen-bond donors (Lipinski definition) is 0. The first kappa shape index (κ1) is 9.46. The summed E-state index contributed by atoms with van der Waals surface area (Å²) in [5.41, 5.74) is 0. The molecule has 82 valence electrons.